The van der Waals surface area contributed by atoms with E-state index in [-0.39, 0.29) is 5.75 Å². The lowest BCUT2D eigenvalue weighted by molar-refractivity contribution is -0.149. The van der Waals surface area contributed by atoms with Crippen LogP contribution in [0.1, 0.15) is 12.5 Å². The van der Waals surface area contributed by atoms with Gasteiger partial charge in [-0.2, -0.15) is 8.78 Å². The third kappa shape index (κ3) is 7.02. The molecular formula is C14H14F2N2O5. The van der Waals surface area contributed by atoms with E-state index >= 15 is 0 Å². The predicted octanol–water partition coefficient (Wildman–Crippen LogP) is 1.43. The molecule has 0 spiro atoms. The number of urea groups is 1. The van der Waals surface area contributed by atoms with Crippen LogP contribution in [-0.4, -0.2) is 30.6 Å². The average Bonchev–Trinajstić information content (AvgIpc) is 2.45. The fourth-order valence-electron chi connectivity index (χ4n) is 1.41. The van der Waals surface area contributed by atoms with Gasteiger partial charge in [-0.05, 0) is 30.7 Å². The molecule has 0 saturated heterocycles. The first kappa shape index (κ1) is 18.1. The second kappa shape index (κ2) is 8.47. The highest BCUT2D eigenvalue weighted by molar-refractivity contribution is 5.97. The van der Waals surface area contributed by atoms with Crippen LogP contribution in [0.3, 0.4) is 0 Å². The van der Waals surface area contributed by atoms with Crippen molar-refractivity contribution < 1.29 is 32.6 Å². The summed E-state index contributed by atoms with van der Waals surface area (Å²) in [5.74, 6) is -1.70. The third-order valence-electron chi connectivity index (χ3n) is 2.43. The van der Waals surface area contributed by atoms with E-state index in [1.54, 1.807) is 5.32 Å². The minimum absolute atomic E-state index is 0.0172. The summed E-state index contributed by atoms with van der Waals surface area (Å²) in [6, 6.07) is 4.45. The highest BCUT2D eigenvalue weighted by Gasteiger charge is 2.17. The Morgan fingerprint density at radius 1 is 1.22 bits per heavy atom. The Hall–Kier alpha value is -2.97. The fourth-order valence-corrected chi connectivity index (χ4v) is 1.41. The van der Waals surface area contributed by atoms with Gasteiger partial charge in [0.25, 0.3) is 5.91 Å². The molecule has 1 aromatic carbocycles. The van der Waals surface area contributed by atoms with Crippen LogP contribution in [0.4, 0.5) is 13.6 Å². The number of carbonyl (C=O) groups excluding carboxylic acids is 3. The minimum Gasteiger partial charge on any atom is -0.449 e. The number of esters is 1. The van der Waals surface area contributed by atoms with Crippen molar-refractivity contribution in [2.24, 2.45) is 5.73 Å². The van der Waals surface area contributed by atoms with Crippen LogP contribution in [0.5, 0.6) is 5.75 Å². The molecule has 0 bridgehead atoms. The first-order chi connectivity index (χ1) is 10.8. The van der Waals surface area contributed by atoms with E-state index in [0.717, 1.165) is 6.08 Å². The van der Waals surface area contributed by atoms with Gasteiger partial charge < -0.3 is 15.2 Å². The highest BCUT2D eigenvalue weighted by atomic mass is 19.3. The molecule has 0 saturated carbocycles. The van der Waals surface area contributed by atoms with Gasteiger partial charge in [-0.25, -0.2) is 9.59 Å². The Bertz CT molecular complexity index is 602. The molecule has 1 atom stereocenters. The van der Waals surface area contributed by atoms with Crippen molar-refractivity contribution >= 4 is 24.0 Å². The summed E-state index contributed by atoms with van der Waals surface area (Å²) in [6.07, 6.45) is 1.19. The molecule has 0 aliphatic rings. The molecule has 3 amide bonds. The molecule has 23 heavy (non-hydrogen) atoms. The number of hydrogen-bond donors (Lipinski definition) is 2. The summed E-state index contributed by atoms with van der Waals surface area (Å²) in [6.45, 7) is -1.65. The maximum atomic E-state index is 12.0. The molecule has 124 valence electrons. The van der Waals surface area contributed by atoms with Gasteiger partial charge in [-0.3, -0.25) is 10.1 Å². The van der Waals surface area contributed by atoms with Gasteiger partial charge in [0, 0.05) is 6.08 Å². The number of primary amides is 1. The largest absolute Gasteiger partial charge is 0.449 e. The number of nitrogens with one attached hydrogen (secondary N) is 1. The zero-order chi connectivity index (χ0) is 17.4. The van der Waals surface area contributed by atoms with Crippen LogP contribution in [0.15, 0.2) is 30.3 Å². The molecule has 1 aromatic rings. The van der Waals surface area contributed by atoms with Crippen LogP contribution >= 0.6 is 0 Å². The lowest BCUT2D eigenvalue weighted by Gasteiger charge is -2.10. The molecule has 7 nitrogen and oxygen atoms in total. The summed E-state index contributed by atoms with van der Waals surface area (Å²) in [5, 5.41) is 1.77. The van der Waals surface area contributed by atoms with Crippen molar-refractivity contribution in [1.29, 1.82) is 0 Å². The first-order valence-corrected chi connectivity index (χ1v) is 6.32. The van der Waals surface area contributed by atoms with Crippen LogP contribution < -0.4 is 15.8 Å². The Kier molecular flexibility index (Phi) is 6.66. The summed E-state index contributed by atoms with van der Waals surface area (Å²) in [5.41, 5.74) is 5.28. The Labute approximate surface area is 130 Å². The second-order valence-electron chi connectivity index (χ2n) is 4.21. The number of nitrogens with two attached hydrogens (primary N) is 1. The standard InChI is InChI=1S/C14H14F2N2O5/c1-8(12(20)18-14(17)21)22-11(19)7-4-9-2-5-10(6-3-9)23-13(15)16/h2-8,13H,1H3,(H3,17,18,20,21)/b7-4+/t8-/m0/s1. The molecule has 0 heterocycles. The maximum absolute atomic E-state index is 12.0. The molecular weight excluding hydrogens is 314 g/mol. The molecule has 1 rings (SSSR count). The van der Waals surface area contributed by atoms with Crippen molar-refractivity contribution in [2.45, 2.75) is 19.6 Å². The molecule has 0 aliphatic heterocycles. The van der Waals surface area contributed by atoms with Gasteiger partial charge in [-0.1, -0.05) is 12.1 Å². The van der Waals surface area contributed by atoms with Crippen molar-refractivity contribution in [3.63, 3.8) is 0 Å². The maximum Gasteiger partial charge on any atom is 0.387 e. The quantitative estimate of drug-likeness (QED) is 0.607. The number of imide groups is 1. The average molecular weight is 328 g/mol. The lowest BCUT2D eigenvalue weighted by atomic mass is 10.2. The minimum atomic E-state index is -2.92. The van der Waals surface area contributed by atoms with Gasteiger partial charge in [0.2, 0.25) is 0 Å². The smallest absolute Gasteiger partial charge is 0.387 e. The fraction of sp³-hybridized carbons (Fsp3) is 0.214. The molecule has 3 N–H and O–H groups in total. The van der Waals surface area contributed by atoms with Crippen molar-refractivity contribution in [3.8, 4) is 5.75 Å². The van der Waals surface area contributed by atoms with E-state index in [4.69, 9.17) is 10.5 Å². The molecule has 0 radical (unpaired) electrons. The normalized spacial score (nSPS) is 12.0. The molecule has 0 fully saturated rings. The van der Waals surface area contributed by atoms with Crippen molar-refractivity contribution in [2.75, 3.05) is 0 Å². The van der Waals surface area contributed by atoms with Crippen LogP contribution in [-0.2, 0) is 14.3 Å². The van der Waals surface area contributed by atoms with E-state index in [1.165, 1.54) is 37.3 Å². The third-order valence-corrected chi connectivity index (χ3v) is 2.43. The number of amides is 3. The molecule has 0 unspecified atom stereocenters. The highest BCUT2D eigenvalue weighted by Crippen LogP contribution is 2.15. The number of ether oxygens (including phenoxy) is 2. The summed E-state index contributed by atoms with van der Waals surface area (Å²) < 4.78 is 32.9. The van der Waals surface area contributed by atoms with Gasteiger partial charge in [0.15, 0.2) is 6.10 Å². The molecule has 9 heteroatoms. The lowest BCUT2D eigenvalue weighted by Crippen LogP contribution is -2.42. The zero-order valence-electron chi connectivity index (χ0n) is 12.0. The van der Waals surface area contributed by atoms with E-state index in [1.807, 2.05) is 0 Å². The SMILES string of the molecule is C[C@H](OC(=O)/C=C/c1ccc(OC(F)F)cc1)C(=O)NC(N)=O. The topological polar surface area (TPSA) is 108 Å². The van der Waals surface area contributed by atoms with Crippen LogP contribution in [0, 0.1) is 0 Å². The van der Waals surface area contributed by atoms with Gasteiger partial charge in [-0.15, -0.1) is 0 Å². The summed E-state index contributed by atoms with van der Waals surface area (Å²) in [7, 11) is 0. The number of benzene rings is 1. The Balaban J connectivity index is 2.54. The van der Waals surface area contributed by atoms with Crippen molar-refractivity contribution in [3.05, 3.63) is 35.9 Å². The number of rotatable bonds is 6. The monoisotopic (exact) mass is 328 g/mol. The van der Waals surface area contributed by atoms with Crippen molar-refractivity contribution in [1.82, 2.24) is 5.32 Å². The van der Waals surface area contributed by atoms with E-state index in [2.05, 4.69) is 4.74 Å². The van der Waals surface area contributed by atoms with Gasteiger partial charge >= 0.3 is 18.6 Å². The number of hydrogen-bond acceptors (Lipinski definition) is 5. The first-order valence-electron chi connectivity index (χ1n) is 6.32. The molecule has 0 aliphatic carbocycles. The second-order valence-corrected chi connectivity index (χ2v) is 4.21. The number of alkyl halides is 2. The Morgan fingerprint density at radius 2 is 1.83 bits per heavy atom. The van der Waals surface area contributed by atoms with E-state index < -0.39 is 30.6 Å². The van der Waals surface area contributed by atoms with Gasteiger partial charge in [0.05, 0.1) is 0 Å². The molecule has 0 aromatic heterocycles. The number of carbonyl (C=O) groups is 3. The summed E-state index contributed by atoms with van der Waals surface area (Å²) in [4.78, 5) is 33.3. The zero-order valence-corrected chi connectivity index (χ0v) is 12.0. The number of halogens is 2. The van der Waals surface area contributed by atoms with E-state index in [9.17, 15) is 23.2 Å². The summed E-state index contributed by atoms with van der Waals surface area (Å²) >= 11 is 0. The van der Waals surface area contributed by atoms with Crippen LogP contribution in [0.2, 0.25) is 0 Å². The van der Waals surface area contributed by atoms with E-state index in [0.29, 0.717) is 5.56 Å². The van der Waals surface area contributed by atoms with Gasteiger partial charge in [0.1, 0.15) is 5.75 Å². The van der Waals surface area contributed by atoms with Crippen LogP contribution in [0.25, 0.3) is 6.08 Å². The Morgan fingerprint density at radius 3 is 2.35 bits per heavy atom. The predicted molar refractivity (Wildman–Crippen MR) is 75.4 cm³/mol.